The topological polar surface area (TPSA) is 64.1 Å². The molecule has 0 saturated carbocycles. The Kier molecular flexibility index (Phi) is 5.60. The van der Waals surface area contributed by atoms with Gasteiger partial charge in [0.05, 0.1) is 18.2 Å². The lowest BCUT2D eigenvalue weighted by molar-refractivity contribution is 0.0512. The number of fused-ring (bicyclic) bond motifs is 1. The highest BCUT2D eigenvalue weighted by atomic mass is 32.1. The van der Waals surface area contributed by atoms with Crippen LogP contribution in [0.5, 0.6) is 0 Å². The van der Waals surface area contributed by atoms with Gasteiger partial charge in [-0.15, -0.1) is 11.3 Å². The number of thiophene rings is 1. The molecule has 25 heavy (non-hydrogen) atoms. The maximum absolute atomic E-state index is 12.1. The molecular weight excluding hydrogens is 334 g/mol. The lowest BCUT2D eigenvalue weighted by Crippen LogP contribution is -2.15. The Labute approximate surface area is 151 Å². The number of hydrogen-bond acceptors (Lipinski definition) is 6. The maximum atomic E-state index is 12.1. The second-order valence-corrected chi connectivity index (χ2v) is 6.61. The number of nitrogens with zero attached hydrogens (tertiary/aromatic N) is 2. The highest BCUT2D eigenvalue weighted by Crippen LogP contribution is 2.30. The zero-order chi connectivity index (χ0) is 17.6. The average molecular weight is 355 g/mol. The van der Waals surface area contributed by atoms with Gasteiger partial charge in [-0.25, -0.2) is 14.8 Å². The Morgan fingerprint density at radius 3 is 2.76 bits per heavy atom. The van der Waals surface area contributed by atoms with Gasteiger partial charge < -0.3 is 10.1 Å². The smallest absolute Gasteiger partial charge is 0.376 e. The van der Waals surface area contributed by atoms with Crippen LogP contribution in [0, 0.1) is 0 Å². The van der Waals surface area contributed by atoms with E-state index in [1.165, 1.54) is 4.88 Å². The predicted molar refractivity (Wildman–Crippen MR) is 101 cm³/mol. The van der Waals surface area contributed by atoms with E-state index < -0.39 is 5.97 Å². The van der Waals surface area contributed by atoms with Crippen LogP contribution < -0.4 is 5.32 Å². The summed E-state index contributed by atoms with van der Waals surface area (Å²) >= 11 is 1.72. The quantitative estimate of drug-likeness (QED) is 0.616. The van der Waals surface area contributed by atoms with Crippen molar-refractivity contribution in [2.45, 2.75) is 32.7 Å². The fourth-order valence-electron chi connectivity index (χ4n) is 2.70. The molecule has 0 aliphatic heterocycles. The lowest BCUT2D eigenvalue weighted by Gasteiger charge is -2.19. The molecular formula is C19H21N3O2S. The highest BCUT2D eigenvalue weighted by Gasteiger charge is 2.18. The molecule has 3 rings (SSSR count). The van der Waals surface area contributed by atoms with Gasteiger partial charge in [-0.05, 0) is 36.9 Å². The molecule has 0 fully saturated rings. The molecule has 1 N–H and O–H groups in total. The monoisotopic (exact) mass is 355 g/mol. The number of anilines is 1. The van der Waals surface area contributed by atoms with Crippen LogP contribution >= 0.6 is 11.3 Å². The van der Waals surface area contributed by atoms with E-state index in [1.54, 1.807) is 18.3 Å². The third kappa shape index (κ3) is 3.96. The van der Waals surface area contributed by atoms with Crippen LogP contribution in [0.25, 0.3) is 10.9 Å². The van der Waals surface area contributed by atoms with E-state index >= 15 is 0 Å². The number of ether oxygens (including phenoxy) is 1. The fraction of sp³-hybridized carbons (Fsp3) is 0.316. The van der Waals surface area contributed by atoms with E-state index in [2.05, 4.69) is 33.7 Å². The molecule has 0 radical (unpaired) electrons. The van der Waals surface area contributed by atoms with Crippen molar-refractivity contribution in [1.29, 1.82) is 0 Å². The summed E-state index contributed by atoms with van der Waals surface area (Å²) < 4.78 is 5.07. The van der Waals surface area contributed by atoms with Crippen molar-refractivity contribution < 1.29 is 9.53 Å². The molecule has 6 heteroatoms. The first kappa shape index (κ1) is 17.4. The summed E-state index contributed by atoms with van der Waals surface area (Å²) in [6.07, 6.45) is 2.02. The summed E-state index contributed by atoms with van der Waals surface area (Å²) in [7, 11) is 0. The number of benzene rings is 1. The molecule has 0 unspecified atom stereocenters. The van der Waals surface area contributed by atoms with Crippen molar-refractivity contribution in [3.8, 4) is 0 Å². The lowest BCUT2D eigenvalue weighted by atomic mass is 10.1. The SMILES string of the molecule is CCC[C@@H](Nc1nc(C(=O)OCC)nc2ccccc12)c1cccs1. The highest BCUT2D eigenvalue weighted by molar-refractivity contribution is 7.10. The molecule has 0 bridgehead atoms. The largest absolute Gasteiger partial charge is 0.460 e. The molecule has 1 atom stereocenters. The predicted octanol–water partition coefficient (Wildman–Crippen LogP) is 4.82. The van der Waals surface area contributed by atoms with Crippen LogP contribution in [-0.2, 0) is 4.74 Å². The molecule has 0 aliphatic carbocycles. The van der Waals surface area contributed by atoms with Crippen molar-refractivity contribution in [1.82, 2.24) is 9.97 Å². The molecule has 2 heterocycles. The van der Waals surface area contributed by atoms with Gasteiger partial charge >= 0.3 is 5.97 Å². The van der Waals surface area contributed by atoms with E-state index in [0.717, 1.165) is 23.7 Å². The van der Waals surface area contributed by atoms with Crippen molar-refractivity contribution >= 4 is 34.0 Å². The van der Waals surface area contributed by atoms with E-state index in [4.69, 9.17) is 4.74 Å². The van der Waals surface area contributed by atoms with Gasteiger partial charge in [-0.2, -0.15) is 0 Å². The van der Waals surface area contributed by atoms with Gasteiger partial charge in [0, 0.05) is 10.3 Å². The van der Waals surface area contributed by atoms with Gasteiger partial charge in [-0.3, -0.25) is 0 Å². The molecule has 0 aliphatic rings. The molecule has 130 valence electrons. The first-order chi connectivity index (χ1) is 12.2. The number of aromatic nitrogens is 2. The van der Waals surface area contributed by atoms with Gasteiger partial charge in [0.15, 0.2) is 0 Å². The average Bonchev–Trinajstić information content (AvgIpc) is 3.16. The van der Waals surface area contributed by atoms with E-state index in [1.807, 2.05) is 30.3 Å². The Hall–Kier alpha value is -2.47. The van der Waals surface area contributed by atoms with Gasteiger partial charge in [0.2, 0.25) is 5.82 Å². The molecule has 1 aromatic carbocycles. The minimum absolute atomic E-state index is 0.0875. The number of hydrogen-bond donors (Lipinski definition) is 1. The molecule has 0 amide bonds. The van der Waals surface area contributed by atoms with Crippen LogP contribution in [-0.4, -0.2) is 22.5 Å². The van der Waals surface area contributed by atoms with Crippen LogP contribution in [0.3, 0.4) is 0 Å². The number of rotatable bonds is 7. The van der Waals surface area contributed by atoms with Crippen molar-refractivity contribution in [3.05, 3.63) is 52.5 Å². The van der Waals surface area contributed by atoms with Crippen molar-refractivity contribution in [2.75, 3.05) is 11.9 Å². The number of carbonyl (C=O) groups excluding carboxylic acids is 1. The maximum Gasteiger partial charge on any atom is 0.376 e. The number of nitrogens with one attached hydrogen (secondary N) is 1. The molecule has 3 aromatic rings. The summed E-state index contributed by atoms with van der Waals surface area (Å²) in [5.74, 6) is 0.254. The Morgan fingerprint density at radius 2 is 2.04 bits per heavy atom. The molecule has 0 spiro atoms. The molecule has 5 nitrogen and oxygen atoms in total. The minimum atomic E-state index is -0.500. The normalized spacial score (nSPS) is 12.1. The van der Waals surface area contributed by atoms with Crippen LogP contribution in [0.2, 0.25) is 0 Å². The fourth-order valence-corrected chi connectivity index (χ4v) is 3.51. The van der Waals surface area contributed by atoms with Gasteiger partial charge in [0.1, 0.15) is 5.82 Å². The Bertz CT molecular complexity index is 849. The number of carbonyl (C=O) groups is 1. The number of para-hydroxylation sites is 1. The molecule has 0 saturated heterocycles. The standard InChI is InChI=1S/C19H21N3O2S/c1-3-8-15(16-11-7-12-25-16)21-17-13-9-5-6-10-14(13)20-18(22-17)19(23)24-4-2/h5-7,9-12,15H,3-4,8H2,1-2H3,(H,20,21,22)/t15-/m1/s1. The van der Waals surface area contributed by atoms with Crippen LogP contribution in [0.1, 0.15) is 48.2 Å². The van der Waals surface area contributed by atoms with Crippen LogP contribution in [0.4, 0.5) is 5.82 Å². The second kappa shape index (κ2) is 8.07. The van der Waals surface area contributed by atoms with Crippen molar-refractivity contribution in [3.63, 3.8) is 0 Å². The van der Waals surface area contributed by atoms with E-state index in [-0.39, 0.29) is 11.9 Å². The summed E-state index contributed by atoms with van der Waals surface area (Å²) in [6, 6.07) is 12.0. The summed E-state index contributed by atoms with van der Waals surface area (Å²) in [5, 5.41) is 6.48. The van der Waals surface area contributed by atoms with Gasteiger partial charge in [-0.1, -0.05) is 31.5 Å². The third-order valence-corrected chi connectivity index (χ3v) is 4.82. The molecule has 2 aromatic heterocycles. The zero-order valence-corrected chi connectivity index (χ0v) is 15.2. The number of esters is 1. The Morgan fingerprint density at radius 1 is 1.20 bits per heavy atom. The van der Waals surface area contributed by atoms with E-state index in [0.29, 0.717) is 12.4 Å². The Balaban J connectivity index is 2.02. The summed E-state index contributed by atoms with van der Waals surface area (Å²) in [4.78, 5) is 22.2. The van der Waals surface area contributed by atoms with Crippen LogP contribution in [0.15, 0.2) is 41.8 Å². The minimum Gasteiger partial charge on any atom is -0.460 e. The second-order valence-electron chi connectivity index (χ2n) is 5.63. The van der Waals surface area contributed by atoms with Gasteiger partial charge in [0.25, 0.3) is 0 Å². The summed E-state index contributed by atoms with van der Waals surface area (Å²) in [6.45, 7) is 4.22. The first-order valence-electron chi connectivity index (χ1n) is 8.46. The van der Waals surface area contributed by atoms with E-state index in [9.17, 15) is 4.79 Å². The third-order valence-electron chi connectivity index (χ3n) is 3.84. The van der Waals surface area contributed by atoms with Crippen molar-refractivity contribution in [2.24, 2.45) is 0 Å². The zero-order valence-electron chi connectivity index (χ0n) is 14.4. The summed E-state index contributed by atoms with van der Waals surface area (Å²) in [5.41, 5.74) is 0.726. The first-order valence-corrected chi connectivity index (χ1v) is 9.34.